The standard InChI is InChI=1S/C15H21N3/c1-17-15(12-16)10-8-14(9-11-15)18(2)13-6-4-3-5-7-13/h3-7,14,17H,8-11H2,1-2H3. The van der Waals surface area contributed by atoms with Crippen molar-refractivity contribution in [3.8, 4) is 6.07 Å². The highest BCUT2D eigenvalue weighted by molar-refractivity contribution is 5.46. The molecule has 0 bridgehead atoms. The maximum atomic E-state index is 9.26. The molecule has 0 atom stereocenters. The molecule has 0 aromatic heterocycles. The third-order valence-corrected chi connectivity index (χ3v) is 4.21. The SMILES string of the molecule is CNC1(C#N)CCC(N(C)c2ccccc2)CC1. The summed E-state index contributed by atoms with van der Waals surface area (Å²) in [6.07, 6.45) is 4.00. The molecule has 18 heavy (non-hydrogen) atoms. The van der Waals surface area contributed by atoms with Gasteiger partial charge in [0.2, 0.25) is 0 Å². The Morgan fingerprint density at radius 3 is 2.39 bits per heavy atom. The summed E-state index contributed by atoms with van der Waals surface area (Å²) >= 11 is 0. The van der Waals surface area contributed by atoms with Crippen LogP contribution >= 0.6 is 0 Å². The number of nitrogens with one attached hydrogen (secondary N) is 1. The number of para-hydroxylation sites is 1. The predicted octanol–water partition coefficient (Wildman–Crippen LogP) is 2.55. The number of nitrogens with zero attached hydrogens (tertiary/aromatic N) is 2. The molecular weight excluding hydrogens is 222 g/mol. The van der Waals surface area contributed by atoms with Crippen LogP contribution in [0.2, 0.25) is 0 Å². The molecular formula is C15H21N3. The fourth-order valence-corrected chi connectivity index (χ4v) is 2.77. The van der Waals surface area contributed by atoms with Gasteiger partial charge in [-0.15, -0.1) is 0 Å². The lowest BCUT2D eigenvalue weighted by molar-refractivity contribution is 0.287. The van der Waals surface area contributed by atoms with E-state index in [0.29, 0.717) is 6.04 Å². The van der Waals surface area contributed by atoms with Gasteiger partial charge in [-0.05, 0) is 44.9 Å². The Bertz CT molecular complexity index is 413. The quantitative estimate of drug-likeness (QED) is 0.886. The molecule has 0 saturated heterocycles. The highest BCUT2D eigenvalue weighted by Gasteiger charge is 2.35. The van der Waals surface area contributed by atoms with E-state index < -0.39 is 0 Å². The van der Waals surface area contributed by atoms with Gasteiger partial charge in [0.05, 0.1) is 6.07 Å². The monoisotopic (exact) mass is 243 g/mol. The highest BCUT2D eigenvalue weighted by Crippen LogP contribution is 2.31. The zero-order valence-corrected chi connectivity index (χ0v) is 11.2. The number of benzene rings is 1. The summed E-state index contributed by atoms with van der Waals surface area (Å²) in [4.78, 5) is 2.34. The van der Waals surface area contributed by atoms with Gasteiger partial charge in [0, 0.05) is 18.8 Å². The van der Waals surface area contributed by atoms with Crippen molar-refractivity contribution in [1.29, 1.82) is 5.26 Å². The largest absolute Gasteiger partial charge is 0.372 e. The van der Waals surface area contributed by atoms with E-state index in [-0.39, 0.29) is 5.54 Å². The van der Waals surface area contributed by atoms with E-state index in [1.165, 1.54) is 5.69 Å². The molecule has 2 rings (SSSR count). The second kappa shape index (κ2) is 5.41. The predicted molar refractivity (Wildman–Crippen MR) is 74.5 cm³/mol. The van der Waals surface area contributed by atoms with Crippen molar-refractivity contribution in [2.24, 2.45) is 0 Å². The number of nitriles is 1. The van der Waals surface area contributed by atoms with E-state index in [9.17, 15) is 5.26 Å². The Morgan fingerprint density at radius 1 is 1.28 bits per heavy atom. The summed E-state index contributed by atoms with van der Waals surface area (Å²) in [5, 5.41) is 12.4. The molecule has 3 heteroatoms. The van der Waals surface area contributed by atoms with Gasteiger partial charge in [0.15, 0.2) is 0 Å². The smallest absolute Gasteiger partial charge is 0.106 e. The van der Waals surface area contributed by atoms with Crippen LogP contribution in [0.25, 0.3) is 0 Å². The second-order valence-corrected chi connectivity index (χ2v) is 5.12. The zero-order valence-electron chi connectivity index (χ0n) is 11.2. The van der Waals surface area contributed by atoms with Gasteiger partial charge in [0.25, 0.3) is 0 Å². The van der Waals surface area contributed by atoms with Crippen LogP contribution in [-0.4, -0.2) is 25.7 Å². The molecule has 1 aromatic carbocycles. The minimum Gasteiger partial charge on any atom is -0.372 e. The molecule has 0 spiro atoms. The van der Waals surface area contributed by atoms with Crippen LogP contribution in [0.3, 0.4) is 0 Å². The summed E-state index contributed by atoms with van der Waals surface area (Å²) < 4.78 is 0. The minimum absolute atomic E-state index is 0.298. The first-order valence-corrected chi connectivity index (χ1v) is 6.59. The van der Waals surface area contributed by atoms with E-state index in [0.717, 1.165) is 25.7 Å². The average molecular weight is 243 g/mol. The summed E-state index contributed by atoms with van der Waals surface area (Å²) in [5.41, 5.74) is 0.963. The Hall–Kier alpha value is -1.53. The lowest BCUT2D eigenvalue weighted by Gasteiger charge is -2.39. The van der Waals surface area contributed by atoms with Crippen molar-refractivity contribution in [2.75, 3.05) is 19.0 Å². The molecule has 1 saturated carbocycles. The summed E-state index contributed by atoms with van der Waals surface area (Å²) in [6.45, 7) is 0. The number of anilines is 1. The van der Waals surface area contributed by atoms with Crippen molar-refractivity contribution < 1.29 is 0 Å². The van der Waals surface area contributed by atoms with Crippen LogP contribution in [0, 0.1) is 11.3 Å². The van der Waals surface area contributed by atoms with Gasteiger partial charge in [-0.2, -0.15) is 5.26 Å². The van der Waals surface area contributed by atoms with Crippen molar-refractivity contribution in [3.63, 3.8) is 0 Å². The molecule has 0 aliphatic heterocycles. The normalized spacial score (nSPS) is 27.5. The molecule has 0 radical (unpaired) electrons. The Labute approximate surface area is 109 Å². The van der Waals surface area contributed by atoms with E-state index in [2.05, 4.69) is 47.6 Å². The van der Waals surface area contributed by atoms with E-state index in [1.807, 2.05) is 13.1 Å². The Balaban J connectivity index is 2.00. The van der Waals surface area contributed by atoms with E-state index in [4.69, 9.17) is 0 Å². The van der Waals surface area contributed by atoms with Crippen LogP contribution < -0.4 is 10.2 Å². The van der Waals surface area contributed by atoms with Crippen molar-refractivity contribution in [1.82, 2.24) is 5.32 Å². The maximum absolute atomic E-state index is 9.26. The molecule has 0 heterocycles. The van der Waals surface area contributed by atoms with Gasteiger partial charge in [0.1, 0.15) is 5.54 Å². The molecule has 1 aliphatic rings. The van der Waals surface area contributed by atoms with Crippen LogP contribution in [0.15, 0.2) is 30.3 Å². The van der Waals surface area contributed by atoms with Crippen molar-refractivity contribution in [3.05, 3.63) is 30.3 Å². The fourth-order valence-electron chi connectivity index (χ4n) is 2.77. The first kappa shape index (κ1) is 12.9. The molecule has 1 aliphatic carbocycles. The topological polar surface area (TPSA) is 39.1 Å². The molecule has 3 nitrogen and oxygen atoms in total. The molecule has 1 fully saturated rings. The van der Waals surface area contributed by atoms with Crippen LogP contribution in [0.4, 0.5) is 5.69 Å². The van der Waals surface area contributed by atoms with Crippen LogP contribution in [-0.2, 0) is 0 Å². The first-order chi connectivity index (χ1) is 8.71. The maximum Gasteiger partial charge on any atom is 0.106 e. The molecule has 0 unspecified atom stereocenters. The zero-order chi connectivity index (χ0) is 13.0. The van der Waals surface area contributed by atoms with Crippen LogP contribution in [0.5, 0.6) is 0 Å². The summed E-state index contributed by atoms with van der Waals surface area (Å²) in [7, 11) is 4.04. The minimum atomic E-state index is -0.298. The number of hydrogen-bond acceptors (Lipinski definition) is 3. The number of hydrogen-bond donors (Lipinski definition) is 1. The van der Waals surface area contributed by atoms with Gasteiger partial charge >= 0.3 is 0 Å². The third kappa shape index (κ3) is 2.49. The van der Waals surface area contributed by atoms with Gasteiger partial charge in [-0.3, -0.25) is 0 Å². The average Bonchev–Trinajstić information content (AvgIpc) is 2.47. The van der Waals surface area contributed by atoms with Gasteiger partial charge in [-0.25, -0.2) is 0 Å². The van der Waals surface area contributed by atoms with Crippen molar-refractivity contribution >= 4 is 5.69 Å². The molecule has 1 aromatic rings. The number of rotatable bonds is 3. The molecule has 96 valence electrons. The molecule has 1 N–H and O–H groups in total. The lowest BCUT2D eigenvalue weighted by Crippen LogP contribution is -2.48. The van der Waals surface area contributed by atoms with Gasteiger partial charge < -0.3 is 10.2 Å². The summed E-state index contributed by atoms with van der Waals surface area (Å²) in [6, 6.07) is 13.5. The van der Waals surface area contributed by atoms with Crippen molar-refractivity contribution in [2.45, 2.75) is 37.3 Å². The fraction of sp³-hybridized carbons (Fsp3) is 0.533. The Kier molecular flexibility index (Phi) is 3.88. The summed E-state index contributed by atoms with van der Waals surface area (Å²) in [5.74, 6) is 0. The Morgan fingerprint density at radius 2 is 1.89 bits per heavy atom. The third-order valence-electron chi connectivity index (χ3n) is 4.21. The lowest BCUT2D eigenvalue weighted by atomic mass is 9.80. The first-order valence-electron chi connectivity index (χ1n) is 6.59. The highest BCUT2D eigenvalue weighted by atomic mass is 15.1. The van der Waals surface area contributed by atoms with Gasteiger partial charge in [-0.1, -0.05) is 18.2 Å². The van der Waals surface area contributed by atoms with Crippen LogP contribution in [0.1, 0.15) is 25.7 Å². The van der Waals surface area contributed by atoms with E-state index in [1.54, 1.807) is 0 Å². The second-order valence-electron chi connectivity index (χ2n) is 5.12. The molecule has 0 amide bonds. The van der Waals surface area contributed by atoms with E-state index >= 15 is 0 Å².